The van der Waals surface area contributed by atoms with Crippen molar-refractivity contribution in [3.8, 4) is 0 Å². The summed E-state index contributed by atoms with van der Waals surface area (Å²) in [6.45, 7) is 0.447. The minimum atomic E-state index is -0.362. The van der Waals surface area contributed by atoms with Crippen LogP contribution in [0.2, 0.25) is 0 Å². The van der Waals surface area contributed by atoms with Crippen molar-refractivity contribution in [1.82, 2.24) is 9.99 Å². The maximum absolute atomic E-state index is 11.2. The number of fused-ring (bicyclic) bond motifs is 1. The van der Waals surface area contributed by atoms with Crippen LogP contribution in [0.4, 0.5) is 5.69 Å². The van der Waals surface area contributed by atoms with Crippen molar-refractivity contribution in [2.75, 3.05) is 12.0 Å². The number of aromatic nitrogens is 1. The van der Waals surface area contributed by atoms with Crippen LogP contribution in [0, 0.1) is 0 Å². The van der Waals surface area contributed by atoms with Crippen molar-refractivity contribution >= 4 is 16.8 Å². The Hall–Kier alpha value is -1.79. The van der Waals surface area contributed by atoms with Crippen molar-refractivity contribution in [1.29, 1.82) is 0 Å². The number of rotatable bonds is 3. The summed E-state index contributed by atoms with van der Waals surface area (Å²) in [5.41, 5.74) is 4.64. The van der Waals surface area contributed by atoms with Crippen LogP contribution in [0.1, 0.15) is 0 Å². The molecule has 1 aromatic heterocycles. The van der Waals surface area contributed by atoms with Crippen LogP contribution in [-0.2, 0) is 7.05 Å². The molecular formula is C9H12N4O2. The van der Waals surface area contributed by atoms with Crippen LogP contribution in [0.25, 0.3) is 11.1 Å². The maximum atomic E-state index is 11.2. The molecule has 0 spiro atoms. The van der Waals surface area contributed by atoms with Gasteiger partial charge < -0.3 is 9.73 Å². The lowest BCUT2D eigenvalue weighted by Crippen LogP contribution is -2.28. The standard InChI is InChI=1S/C9H12N4O2/c1-13-7-3-2-6(11-5-12-10)4-8(7)15-9(13)14/h2-4,11-12H,5,10H2,1H3. The highest BCUT2D eigenvalue weighted by Gasteiger charge is 2.05. The number of nitrogens with zero attached hydrogens (tertiary/aromatic N) is 1. The number of anilines is 1. The van der Waals surface area contributed by atoms with Crippen molar-refractivity contribution in [2.24, 2.45) is 12.9 Å². The molecule has 0 saturated heterocycles. The fourth-order valence-corrected chi connectivity index (χ4v) is 1.40. The Morgan fingerprint density at radius 2 is 2.33 bits per heavy atom. The van der Waals surface area contributed by atoms with E-state index in [-0.39, 0.29) is 5.76 Å². The van der Waals surface area contributed by atoms with Gasteiger partial charge in [0, 0.05) is 18.8 Å². The van der Waals surface area contributed by atoms with Gasteiger partial charge in [0.15, 0.2) is 5.58 Å². The summed E-state index contributed by atoms with van der Waals surface area (Å²) in [5, 5.41) is 3.01. The van der Waals surface area contributed by atoms with Gasteiger partial charge in [-0.25, -0.2) is 10.2 Å². The second-order valence-corrected chi connectivity index (χ2v) is 3.17. The monoisotopic (exact) mass is 208 g/mol. The molecule has 1 heterocycles. The summed E-state index contributed by atoms with van der Waals surface area (Å²) in [6, 6.07) is 5.43. The summed E-state index contributed by atoms with van der Waals surface area (Å²) < 4.78 is 6.49. The molecule has 6 nitrogen and oxygen atoms in total. The van der Waals surface area contributed by atoms with Gasteiger partial charge in [-0.3, -0.25) is 10.4 Å². The summed E-state index contributed by atoms with van der Waals surface area (Å²) in [4.78, 5) is 11.2. The minimum Gasteiger partial charge on any atom is -0.408 e. The Morgan fingerprint density at radius 3 is 3.07 bits per heavy atom. The molecule has 0 saturated carbocycles. The molecular weight excluding hydrogens is 196 g/mol. The second-order valence-electron chi connectivity index (χ2n) is 3.17. The Labute approximate surface area is 85.6 Å². The van der Waals surface area contributed by atoms with Gasteiger partial charge in [0.05, 0.1) is 12.2 Å². The third-order valence-corrected chi connectivity index (χ3v) is 2.19. The Bertz CT molecular complexity index is 528. The minimum absolute atomic E-state index is 0.362. The zero-order chi connectivity index (χ0) is 10.8. The van der Waals surface area contributed by atoms with E-state index in [4.69, 9.17) is 10.3 Å². The molecule has 0 aliphatic carbocycles. The van der Waals surface area contributed by atoms with Crippen molar-refractivity contribution in [3.63, 3.8) is 0 Å². The highest BCUT2D eigenvalue weighted by atomic mass is 16.4. The smallest absolute Gasteiger partial charge is 0.408 e. The Morgan fingerprint density at radius 1 is 1.53 bits per heavy atom. The zero-order valence-electron chi connectivity index (χ0n) is 8.28. The van der Waals surface area contributed by atoms with Crippen LogP contribution >= 0.6 is 0 Å². The molecule has 0 amide bonds. The van der Waals surface area contributed by atoms with E-state index in [0.29, 0.717) is 12.3 Å². The average Bonchev–Trinajstić information content (AvgIpc) is 2.52. The summed E-state index contributed by atoms with van der Waals surface area (Å²) in [6.07, 6.45) is 0. The molecule has 0 unspecified atom stereocenters. The number of oxazole rings is 1. The number of hydrogen-bond donors (Lipinski definition) is 3. The largest absolute Gasteiger partial charge is 0.419 e. The van der Waals surface area contributed by atoms with Gasteiger partial charge in [-0.2, -0.15) is 0 Å². The quantitative estimate of drug-likeness (QED) is 0.374. The summed E-state index contributed by atoms with van der Waals surface area (Å²) >= 11 is 0. The molecule has 6 heteroatoms. The number of hydrazine groups is 1. The highest BCUT2D eigenvalue weighted by Crippen LogP contribution is 2.17. The van der Waals surface area contributed by atoms with E-state index >= 15 is 0 Å². The van der Waals surface area contributed by atoms with Crippen molar-refractivity contribution < 1.29 is 4.42 Å². The molecule has 15 heavy (non-hydrogen) atoms. The third kappa shape index (κ3) is 1.72. The lowest BCUT2D eigenvalue weighted by molar-refractivity contribution is 0.528. The van der Waals surface area contributed by atoms with Crippen LogP contribution < -0.4 is 22.3 Å². The van der Waals surface area contributed by atoms with Crippen LogP contribution in [-0.4, -0.2) is 11.2 Å². The molecule has 0 aliphatic rings. The van der Waals surface area contributed by atoms with E-state index < -0.39 is 0 Å². The first kappa shape index (κ1) is 9.75. The van der Waals surface area contributed by atoms with Gasteiger partial charge in [-0.15, -0.1) is 0 Å². The highest BCUT2D eigenvalue weighted by molar-refractivity contribution is 5.77. The van der Waals surface area contributed by atoms with Gasteiger partial charge >= 0.3 is 5.76 Å². The molecule has 2 rings (SSSR count). The summed E-state index contributed by atoms with van der Waals surface area (Å²) in [7, 11) is 1.67. The van der Waals surface area contributed by atoms with E-state index in [9.17, 15) is 4.79 Å². The molecule has 0 bridgehead atoms. The normalized spacial score (nSPS) is 10.8. The fourth-order valence-electron chi connectivity index (χ4n) is 1.40. The maximum Gasteiger partial charge on any atom is 0.419 e. The first-order valence-corrected chi connectivity index (χ1v) is 4.49. The first-order valence-electron chi connectivity index (χ1n) is 4.49. The van der Waals surface area contributed by atoms with Gasteiger partial charge in [0.2, 0.25) is 0 Å². The van der Waals surface area contributed by atoms with E-state index in [0.717, 1.165) is 11.2 Å². The van der Waals surface area contributed by atoms with Crippen LogP contribution in [0.3, 0.4) is 0 Å². The topological polar surface area (TPSA) is 85.2 Å². The lowest BCUT2D eigenvalue weighted by Gasteiger charge is -2.04. The average molecular weight is 208 g/mol. The molecule has 0 radical (unpaired) electrons. The molecule has 0 atom stereocenters. The van der Waals surface area contributed by atoms with Crippen molar-refractivity contribution in [3.05, 3.63) is 28.7 Å². The lowest BCUT2D eigenvalue weighted by atomic mass is 10.3. The van der Waals surface area contributed by atoms with Gasteiger partial charge in [0.1, 0.15) is 0 Å². The first-order chi connectivity index (χ1) is 7.22. The fraction of sp³-hybridized carbons (Fsp3) is 0.222. The van der Waals surface area contributed by atoms with Gasteiger partial charge in [-0.05, 0) is 12.1 Å². The van der Waals surface area contributed by atoms with Crippen LogP contribution in [0.15, 0.2) is 27.4 Å². The summed E-state index contributed by atoms with van der Waals surface area (Å²) in [5.74, 6) is 4.77. The van der Waals surface area contributed by atoms with Crippen molar-refractivity contribution in [2.45, 2.75) is 0 Å². The number of hydrogen-bond acceptors (Lipinski definition) is 5. The number of nitrogens with two attached hydrogens (primary N) is 1. The van der Waals surface area contributed by atoms with Crippen LogP contribution in [0.5, 0.6) is 0 Å². The third-order valence-electron chi connectivity index (χ3n) is 2.19. The predicted octanol–water partition coefficient (Wildman–Crippen LogP) is -0.0358. The SMILES string of the molecule is Cn1c(=O)oc2cc(NCNN)ccc21. The van der Waals surface area contributed by atoms with E-state index in [1.165, 1.54) is 4.57 Å². The molecule has 2 aromatic rings. The molecule has 1 aromatic carbocycles. The van der Waals surface area contributed by atoms with E-state index in [1.807, 2.05) is 12.1 Å². The predicted molar refractivity (Wildman–Crippen MR) is 57.3 cm³/mol. The van der Waals surface area contributed by atoms with E-state index in [2.05, 4.69) is 10.7 Å². The zero-order valence-corrected chi connectivity index (χ0v) is 8.28. The Balaban J connectivity index is 2.43. The Kier molecular flexibility index (Phi) is 2.44. The number of benzene rings is 1. The van der Waals surface area contributed by atoms with Gasteiger partial charge in [0.25, 0.3) is 0 Å². The molecule has 80 valence electrons. The molecule has 4 N–H and O–H groups in total. The number of nitrogens with one attached hydrogen (secondary N) is 2. The van der Waals surface area contributed by atoms with Gasteiger partial charge in [-0.1, -0.05) is 0 Å². The van der Waals surface area contributed by atoms with E-state index in [1.54, 1.807) is 13.1 Å². The second kappa shape index (κ2) is 3.76. The number of aryl methyl sites for hydroxylation is 1. The molecule has 0 aliphatic heterocycles. The molecule has 0 fully saturated rings.